The van der Waals surface area contributed by atoms with E-state index < -0.39 is 0 Å². The van der Waals surface area contributed by atoms with Crippen molar-refractivity contribution >= 4 is 12.0 Å². The highest BCUT2D eigenvalue weighted by molar-refractivity contribution is 6.02. The number of rotatable bonds is 8. The van der Waals surface area contributed by atoms with Crippen molar-refractivity contribution in [1.82, 2.24) is 5.32 Å². The van der Waals surface area contributed by atoms with Gasteiger partial charge in [-0.25, -0.2) is 0 Å². The Morgan fingerprint density at radius 3 is 2.55 bits per heavy atom. The van der Waals surface area contributed by atoms with Crippen LogP contribution < -0.4 is 14.8 Å². The van der Waals surface area contributed by atoms with Crippen molar-refractivity contribution in [1.29, 1.82) is 5.26 Å². The molecule has 150 valence electrons. The van der Waals surface area contributed by atoms with E-state index in [0.717, 1.165) is 29.7 Å². The van der Waals surface area contributed by atoms with E-state index in [-0.39, 0.29) is 17.5 Å². The molecule has 1 aliphatic carbocycles. The standard InChI is InChI=1S/C24H26N2O3/c1-16(2)18-5-9-22(10-6-18)29-15-20-13-17(4-11-23(20)28-3)12-19(14-25)24(27)26-21-7-8-21/h4-6,9-13,16,21H,7-8,15H2,1-3H3,(H,26,27). The van der Waals surface area contributed by atoms with Crippen molar-refractivity contribution < 1.29 is 14.3 Å². The topological polar surface area (TPSA) is 71.3 Å². The van der Waals surface area contributed by atoms with Gasteiger partial charge in [0.2, 0.25) is 0 Å². The van der Waals surface area contributed by atoms with E-state index in [1.807, 2.05) is 36.4 Å². The van der Waals surface area contributed by atoms with Crippen LogP contribution >= 0.6 is 0 Å². The minimum atomic E-state index is -0.325. The summed E-state index contributed by atoms with van der Waals surface area (Å²) in [6, 6.07) is 15.8. The quantitative estimate of drug-likeness (QED) is 0.529. The molecule has 1 aliphatic rings. The molecular weight excluding hydrogens is 364 g/mol. The molecule has 0 aromatic heterocycles. The number of amides is 1. The van der Waals surface area contributed by atoms with Gasteiger partial charge in [-0.2, -0.15) is 5.26 Å². The number of nitrogens with one attached hydrogen (secondary N) is 1. The minimum absolute atomic E-state index is 0.0956. The fraction of sp³-hybridized carbons (Fsp3) is 0.333. The fourth-order valence-corrected chi connectivity index (χ4v) is 2.92. The van der Waals surface area contributed by atoms with Crippen LogP contribution in [0.2, 0.25) is 0 Å². The molecule has 1 saturated carbocycles. The van der Waals surface area contributed by atoms with Crippen molar-refractivity contribution in [2.45, 2.75) is 45.3 Å². The van der Waals surface area contributed by atoms with Crippen molar-refractivity contribution in [3.05, 3.63) is 64.7 Å². The Kier molecular flexibility index (Phi) is 6.56. The van der Waals surface area contributed by atoms with Crippen molar-refractivity contribution in [2.75, 3.05) is 7.11 Å². The number of hydrogen-bond acceptors (Lipinski definition) is 4. The van der Waals surface area contributed by atoms with Crippen LogP contribution in [0.1, 0.15) is 49.3 Å². The minimum Gasteiger partial charge on any atom is -0.496 e. The summed E-state index contributed by atoms with van der Waals surface area (Å²) in [5, 5.41) is 12.2. The molecular formula is C24H26N2O3. The van der Waals surface area contributed by atoms with Gasteiger partial charge in [0.25, 0.3) is 5.91 Å². The Bertz CT molecular complexity index is 936. The Labute approximate surface area is 172 Å². The summed E-state index contributed by atoms with van der Waals surface area (Å²) in [5.74, 6) is 1.62. The monoisotopic (exact) mass is 390 g/mol. The maximum absolute atomic E-state index is 12.2. The van der Waals surface area contributed by atoms with Crippen LogP contribution in [-0.4, -0.2) is 19.1 Å². The first kappa shape index (κ1) is 20.5. The normalized spacial score (nSPS) is 13.7. The zero-order valence-corrected chi connectivity index (χ0v) is 17.1. The molecule has 0 bridgehead atoms. The van der Waals surface area contributed by atoms with Gasteiger partial charge in [-0.05, 0) is 60.2 Å². The van der Waals surface area contributed by atoms with E-state index in [1.54, 1.807) is 13.2 Å². The highest BCUT2D eigenvalue weighted by Gasteiger charge is 2.24. The second-order valence-electron chi connectivity index (χ2n) is 7.50. The van der Waals surface area contributed by atoms with E-state index >= 15 is 0 Å². The molecule has 29 heavy (non-hydrogen) atoms. The van der Waals surface area contributed by atoms with E-state index in [0.29, 0.717) is 18.3 Å². The summed E-state index contributed by atoms with van der Waals surface area (Å²) in [5.41, 5.74) is 2.95. The number of hydrogen-bond donors (Lipinski definition) is 1. The number of methoxy groups -OCH3 is 1. The van der Waals surface area contributed by atoms with Crippen LogP contribution in [0.3, 0.4) is 0 Å². The number of nitrogens with zero attached hydrogens (tertiary/aromatic N) is 1. The van der Waals surface area contributed by atoms with Gasteiger partial charge in [0.05, 0.1) is 7.11 Å². The lowest BCUT2D eigenvalue weighted by Gasteiger charge is -2.12. The van der Waals surface area contributed by atoms with Crippen LogP contribution in [0.25, 0.3) is 6.08 Å². The van der Waals surface area contributed by atoms with Gasteiger partial charge >= 0.3 is 0 Å². The zero-order valence-electron chi connectivity index (χ0n) is 17.1. The maximum Gasteiger partial charge on any atom is 0.262 e. The highest BCUT2D eigenvalue weighted by Crippen LogP contribution is 2.25. The first-order valence-corrected chi connectivity index (χ1v) is 9.82. The molecule has 3 rings (SSSR count). The summed E-state index contributed by atoms with van der Waals surface area (Å²) >= 11 is 0. The number of ether oxygens (including phenoxy) is 2. The lowest BCUT2D eigenvalue weighted by atomic mass is 10.0. The molecule has 2 aromatic carbocycles. The molecule has 0 unspecified atom stereocenters. The number of carbonyl (C=O) groups excluding carboxylic acids is 1. The van der Waals surface area contributed by atoms with Crippen LogP contribution in [0.15, 0.2) is 48.0 Å². The van der Waals surface area contributed by atoms with Gasteiger partial charge in [0.15, 0.2) is 0 Å². The molecule has 1 amide bonds. The summed E-state index contributed by atoms with van der Waals surface area (Å²) < 4.78 is 11.4. The first-order chi connectivity index (χ1) is 14.0. The lowest BCUT2D eigenvalue weighted by molar-refractivity contribution is -0.117. The Morgan fingerprint density at radius 2 is 1.97 bits per heavy atom. The molecule has 0 heterocycles. The van der Waals surface area contributed by atoms with E-state index in [4.69, 9.17) is 9.47 Å². The number of nitriles is 1. The average Bonchev–Trinajstić information content (AvgIpc) is 3.54. The molecule has 0 aliphatic heterocycles. The molecule has 0 spiro atoms. The van der Waals surface area contributed by atoms with Gasteiger partial charge in [0, 0.05) is 11.6 Å². The third kappa shape index (κ3) is 5.61. The second kappa shape index (κ2) is 9.29. The summed E-state index contributed by atoms with van der Waals surface area (Å²) in [6.45, 7) is 4.63. The molecule has 1 N–H and O–H groups in total. The van der Waals surface area contributed by atoms with Crippen LogP contribution in [0, 0.1) is 11.3 Å². The molecule has 0 atom stereocenters. The van der Waals surface area contributed by atoms with Crippen molar-refractivity contribution in [3.8, 4) is 17.6 Å². The Balaban J connectivity index is 1.74. The van der Waals surface area contributed by atoms with Gasteiger partial charge in [-0.1, -0.05) is 32.0 Å². The largest absolute Gasteiger partial charge is 0.496 e. The number of benzene rings is 2. The van der Waals surface area contributed by atoms with Gasteiger partial charge in [-0.3, -0.25) is 4.79 Å². The second-order valence-corrected chi connectivity index (χ2v) is 7.50. The van der Waals surface area contributed by atoms with Crippen molar-refractivity contribution in [3.63, 3.8) is 0 Å². The Morgan fingerprint density at radius 1 is 1.24 bits per heavy atom. The first-order valence-electron chi connectivity index (χ1n) is 9.82. The molecule has 5 nitrogen and oxygen atoms in total. The van der Waals surface area contributed by atoms with E-state index in [2.05, 4.69) is 31.3 Å². The predicted octanol–water partition coefficient (Wildman–Crippen LogP) is 4.58. The van der Waals surface area contributed by atoms with E-state index in [9.17, 15) is 10.1 Å². The molecule has 1 fully saturated rings. The lowest BCUT2D eigenvalue weighted by Crippen LogP contribution is -2.26. The van der Waals surface area contributed by atoms with Crippen LogP contribution in [-0.2, 0) is 11.4 Å². The molecule has 2 aromatic rings. The number of carbonyl (C=O) groups is 1. The summed E-state index contributed by atoms with van der Waals surface area (Å²) in [7, 11) is 1.61. The smallest absolute Gasteiger partial charge is 0.262 e. The molecule has 0 radical (unpaired) electrons. The highest BCUT2D eigenvalue weighted by atomic mass is 16.5. The third-order valence-electron chi connectivity index (χ3n) is 4.83. The third-order valence-corrected chi connectivity index (χ3v) is 4.83. The van der Waals surface area contributed by atoms with Gasteiger partial charge in [0.1, 0.15) is 29.7 Å². The van der Waals surface area contributed by atoms with Crippen LogP contribution in [0.4, 0.5) is 0 Å². The molecule has 0 saturated heterocycles. The average molecular weight is 390 g/mol. The van der Waals surface area contributed by atoms with E-state index in [1.165, 1.54) is 5.56 Å². The van der Waals surface area contributed by atoms with Gasteiger partial charge < -0.3 is 14.8 Å². The Hall–Kier alpha value is -3.26. The fourth-order valence-electron chi connectivity index (χ4n) is 2.92. The summed E-state index contributed by atoms with van der Waals surface area (Å²) in [6.07, 6.45) is 3.55. The van der Waals surface area contributed by atoms with Crippen LogP contribution in [0.5, 0.6) is 11.5 Å². The maximum atomic E-state index is 12.2. The van der Waals surface area contributed by atoms with Crippen molar-refractivity contribution in [2.24, 2.45) is 0 Å². The predicted molar refractivity (Wildman–Crippen MR) is 113 cm³/mol. The summed E-state index contributed by atoms with van der Waals surface area (Å²) in [4.78, 5) is 12.2. The molecule has 5 heteroatoms. The van der Waals surface area contributed by atoms with Gasteiger partial charge in [-0.15, -0.1) is 0 Å². The zero-order chi connectivity index (χ0) is 20.8. The SMILES string of the molecule is COc1ccc(C=C(C#N)C(=O)NC2CC2)cc1COc1ccc(C(C)C)cc1.